The van der Waals surface area contributed by atoms with E-state index >= 15 is 0 Å². The number of fused-ring (bicyclic) bond motifs is 1. The van der Waals surface area contributed by atoms with E-state index in [2.05, 4.69) is 10.5 Å². The average molecular weight is 403 g/mol. The minimum Gasteiger partial charge on any atom is -0.493 e. The number of methoxy groups -OCH3 is 2. The third kappa shape index (κ3) is 3.91. The van der Waals surface area contributed by atoms with Crippen molar-refractivity contribution in [3.8, 4) is 11.5 Å². The number of aryl methyl sites for hydroxylation is 1. The zero-order valence-corrected chi connectivity index (χ0v) is 17.0. The fourth-order valence-corrected chi connectivity index (χ4v) is 4.13. The van der Waals surface area contributed by atoms with E-state index < -0.39 is 0 Å². The number of hydrogen-bond acceptors (Lipinski definition) is 5. The second kappa shape index (κ2) is 7.98. The number of nitrogens with zero attached hydrogens (tertiary/aromatic N) is 1. The lowest BCUT2D eigenvalue weighted by Gasteiger charge is -2.09. The quantitative estimate of drug-likeness (QED) is 0.480. The summed E-state index contributed by atoms with van der Waals surface area (Å²) in [7, 11) is 3.15. The van der Waals surface area contributed by atoms with Crippen LogP contribution >= 0.6 is 22.9 Å². The van der Waals surface area contributed by atoms with Gasteiger partial charge in [0.05, 0.1) is 25.0 Å². The molecule has 1 N–H and O–H groups in total. The molecule has 140 valence electrons. The first-order valence-corrected chi connectivity index (χ1v) is 9.39. The number of carbonyl (C=O) groups is 1. The molecule has 0 bridgehead atoms. The van der Waals surface area contributed by atoms with Crippen LogP contribution < -0.4 is 14.9 Å². The molecule has 27 heavy (non-hydrogen) atoms. The number of benzene rings is 2. The van der Waals surface area contributed by atoms with Gasteiger partial charge in [0.15, 0.2) is 11.5 Å². The molecule has 0 aliphatic rings. The molecule has 0 radical (unpaired) electrons. The normalized spacial score (nSPS) is 11.5. The van der Waals surface area contributed by atoms with Crippen molar-refractivity contribution in [2.75, 3.05) is 14.2 Å². The van der Waals surface area contributed by atoms with Crippen LogP contribution in [0.5, 0.6) is 11.5 Å². The second-order valence-electron chi connectivity index (χ2n) is 5.95. The predicted molar refractivity (Wildman–Crippen MR) is 111 cm³/mol. The van der Waals surface area contributed by atoms with Crippen LogP contribution in [-0.2, 0) is 0 Å². The Hall–Kier alpha value is -2.57. The van der Waals surface area contributed by atoms with E-state index in [1.54, 1.807) is 33.3 Å². The average Bonchev–Trinajstić information content (AvgIpc) is 3.00. The Balaban J connectivity index is 1.83. The molecule has 0 saturated carbocycles. The Kier molecular flexibility index (Phi) is 5.68. The topological polar surface area (TPSA) is 59.9 Å². The predicted octanol–water partition coefficient (Wildman–Crippen LogP) is 5.03. The summed E-state index contributed by atoms with van der Waals surface area (Å²) < 4.78 is 11.5. The number of halogens is 1. The Morgan fingerprint density at radius 3 is 2.56 bits per heavy atom. The van der Waals surface area contributed by atoms with E-state index in [1.807, 2.05) is 31.2 Å². The fraction of sp³-hybridized carbons (Fsp3) is 0.200. The summed E-state index contributed by atoms with van der Waals surface area (Å²) in [5, 5.41) is 5.52. The van der Waals surface area contributed by atoms with Crippen molar-refractivity contribution in [2.24, 2.45) is 5.10 Å². The van der Waals surface area contributed by atoms with Crippen molar-refractivity contribution in [3.63, 3.8) is 0 Å². The highest BCUT2D eigenvalue weighted by atomic mass is 35.5. The number of nitrogens with one attached hydrogen (secondary N) is 1. The van der Waals surface area contributed by atoms with E-state index in [0.717, 1.165) is 21.2 Å². The molecule has 5 nitrogen and oxygen atoms in total. The van der Waals surface area contributed by atoms with Gasteiger partial charge >= 0.3 is 0 Å². The number of thiophene rings is 1. The molecule has 3 rings (SSSR count). The van der Waals surface area contributed by atoms with Gasteiger partial charge in [-0.05, 0) is 43.7 Å². The van der Waals surface area contributed by atoms with Crippen molar-refractivity contribution in [1.29, 1.82) is 0 Å². The lowest BCUT2D eigenvalue weighted by atomic mass is 10.1. The number of rotatable bonds is 5. The van der Waals surface area contributed by atoms with Crippen LogP contribution in [0.1, 0.15) is 27.7 Å². The molecule has 0 saturated heterocycles. The van der Waals surface area contributed by atoms with E-state index in [1.165, 1.54) is 11.3 Å². The summed E-state index contributed by atoms with van der Waals surface area (Å²) >= 11 is 7.74. The summed E-state index contributed by atoms with van der Waals surface area (Å²) in [4.78, 5) is 13.0. The Morgan fingerprint density at radius 2 is 1.85 bits per heavy atom. The van der Waals surface area contributed by atoms with E-state index in [9.17, 15) is 4.79 Å². The highest BCUT2D eigenvalue weighted by molar-refractivity contribution is 7.21. The Bertz CT molecular complexity index is 1040. The fourth-order valence-electron chi connectivity index (χ4n) is 2.63. The van der Waals surface area contributed by atoms with Crippen molar-refractivity contribution in [3.05, 3.63) is 57.4 Å². The molecular weight excluding hydrogens is 384 g/mol. The third-order valence-electron chi connectivity index (χ3n) is 4.12. The van der Waals surface area contributed by atoms with Crippen LogP contribution in [0, 0.1) is 6.92 Å². The second-order valence-corrected chi connectivity index (χ2v) is 7.38. The number of amides is 1. The maximum absolute atomic E-state index is 12.5. The van der Waals surface area contributed by atoms with Gasteiger partial charge in [-0.3, -0.25) is 4.79 Å². The van der Waals surface area contributed by atoms with Crippen LogP contribution in [0.4, 0.5) is 0 Å². The summed E-state index contributed by atoms with van der Waals surface area (Å²) in [5.41, 5.74) is 5.15. The maximum atomic E-state index is 12.5. The van der Waals surface area contributed by atoms with Crippen LogP contribution in [0.25, 0.3) is 10.1 Å². The number of carbonyl (C=O) groups excluding carboxylic acids is 1. The highest BCUT2D eigenvalue weighted by Gasteiger charge is 2.17. The van der Waals surface area contributed by atoms with Crippen molar-refractivity contribution in [1.82, 2.24) is 5.43 Å². The molecule has 0 fully saturated rings. The van der Waals surface area contributed by atoms with Gasteiger partial charge in [0, 0.05) is 15.6 Å². The summed E-state index contributed by atoms with van der Waals surface area (Å²) in [6.45, 7) is 3.81. The molecule has 0 spiro atoms. The van der Waals surface area contributed by atoms with Crippen LogP contribution in [0.2, 0.25) is 5.02 Å². The minimum absolute atomic E-state index is 0.335. The monoisotopic (exact) mass is 402 g/mol. The van der Waals surface area contributed by atoms with Crippen molar-refractivity contribution >= 4 is 44.6 Å². The zero-order chi connectivity index (χ0) is 19.6. The van der Waals surface area contributed by atoms with Crippen LogP contribution in [-0.4, -0.2) is 25.8 Å². The van der Waals surface area contributed by atoms with Crippen LogP contribution in [0.15, 0.2) is 41.5 Å². The summed E-state index contributed by atoms with van der Waals surface area (Å²) in [5.74, 6) is 0.892. The first-order valence-electron chi connectivity index (χ1n) is 8.20. The van der Waals surface area contributed by atoms with Crippen molar-refractivity contribution < 1.29 is 14.3 Å². The Labute approximate surface area is 166 Å². The van der Waals surface area contributed by atoms with Crippen molar-refractivity contribution in [2.45, 2.75) is 13.8 Å². The highest BCUT2D eigenvalue weighted by Crippen LogP contribution is 2.35. The minimum atomic E-state index is -0.335. The summed E-state index contributed by atoms with van der Waals surface area (Å²) in [6.07, 6.45) is 0. The summed E-state index contributed by atoms with van der Waals surface area (Å²) in [6, 6.07) is 11.4. The zero-order valence-electron chi connectivity index (χ0n) is 15.4. The molecule has 2 aromatic carbocycles. The number of hydrazone groups is 1. The van der Waals surface area contributed by atoms with Gasteiger partial charge < -0.3 is 9.47 Å². The molecule has 3 aromatic rings. The SMILES string of the molecule is COc1ccc(/C(C)=N/NC(=O)c2sc3cc(C)ccc3c2Cl)cc1OC. The largest absolute Gasteiger partial charge is 0.493 e. The van der Waals surface area contributed by atoms with Gasteiger partial charge in [0.25, 0.3) is 5.91 Å². The lowest BCUT2D eigenvalue weighted by molar-refractivity contribution is 0.0959. The molecule has 0 unspecified atom stereocenters. The first-order chi connectivity index (χ1) is 12.9. The smallest absolute Gasteiger partial charge is 0.283 e. The molecule has 0 aliphatic carbocycles. The third-order valence-corrected chi connectivity index (χ3v) is 5.77. The van der Waals surface area contributed by atoms with Gasteiger partial charge in [0.2, 0.25) is 0 Å². The van der Waals surface area contributed by atoms with E-state index in [0.29, 0.717) is 27.1 Å². The van der Waals surface area contributed by atoms with E-state index in [-0.39, 0.29) is 5.91 Å². The Morgan fingerprint density at radius 1 is 1.11 bits per heavy atom. The molecular formula is C20H19ClN2O3S. The molecule has 7 heteroatoms. The molecule has 0 aliphatic heterocycles. The number of ether oxygens (including phenoxy) is 2. The molecule has 1 aromatic heterocycles. The number of hydrogen-bond donors (Lipinski definition) is 1. The van der Waals surface area contributed by atoms with Gasteiger partial charge in [-0.25, -0.2) is 5.43 Å². The van der Waals surface area contributed by atoms with Gasteiger partial charge in [-0.2, -0.15) is 5.10 Å². The molecule has 1 amide bonds. The van der Waals surface area contributed by atoms with Gasteiger partial charge in [-0.15, -0.1) is 11.3 Å². The van der Waals surface area contributed by atoms with Gasteiger partial charge in [-0.1, -0.05) is 23.7 Å². The van der Waals surface area contributed by atoms with Crippen LogP contribution in [0.3, 0.4) is 0 Å². The maximum Gasteiger partial charge on any atom is 0.283 e. The molecule has 0 atom stereocenters. The van der Waals surface area contributed by atoms with E-state index in [4.69, 9.17) is 21.1 Å². The lowest BCUT2D eigenvalue weighted by Crippen LogP contribution is -2.18. The standard InChI is InChI=1S/C20H19ClN2O3S/c1-11-5-7-14-17(9-11)27-19(18(14)21)20(24)23-22-12(2)13-6-8-15(25-3)16(10-13)26-4/h5-10H,1-4H3,(H,23,24)/b22-12+. The van der Waals surface area contributed by atoms with Gasteiger partial charge in [0.1, 0.15) is 4.88 Å². The first kappa shape index (κ1) is 19.2. The molecule has 1 heterocycles.